The van der Waals surface area contributed by atoms with Gasteiger partial charge in [0.05, 0.1) is 25.7 Å². The van der Waals surface area contributed by atoms with Crippen LogP contribution in [0.5, 0.6) is 0 Å². The van der Waals surface area contributed by atoms with Gasteiger partial charge in [-0.15, -0.1) is 0 Å². The first-order chi connectivity index (χ1) is 9.63. The van der Waals surface area contributed by atoms with Crippen LogP contribution in [0.25, 0.3) is 0 Å². The zero-order chi connectivity index (χ0) is 15.2. The second-order valence-electron chi connectivity index (χ2n) is 5.43. The summed E-state index contributed by atoms with van der Waals surface area (Å²) in [6.45, 7) is 2.10. The van der Waals surface area contributed by atoms with E-state index in [4.69, 9.17) is 4.74 Å². The average Bonchev–Trinajstić information content (AvgIpc) is 2.44. The molecule has 4 heteroatoms. The van der Waals surface area contributed by atoms with Crippen LogP contribution in [0.4, 0.5) is 0 Å². The van der Waals surface area contributed by atoms with Crippen LogP contribution in [0.15, 0.2) is 0 Å². The van der Waals surface area contributed by atoms with Gasteiger partial charge in [-0.2, -0.15) is 0 Å². The molecule has 0 aromatic heterocycles. The van der Waals surface area contributed by atoms with Crippen LogP contribution < -0.4 is 0 Å². The Balaban J connectivity index is 3.43. The molecule has 1 N–H and O–H groups in total. The lowest BCUT2D eigenvalue weighted by molar-refractivity contribution is -0.143. The van der Waals surface area contributed by atoms with Gasteiger partial charge in [0.15, 0.2) is 0 Å². The second-order valence-corrected chi connectivity index (χ2v) is 5.43. The molecule has 2 atom stereocenters. The number of hydrogen-bond donors (Lipinski definition) is 1. The van der Waals surface area contributed by atoms with E-state index in [1.807, 2.05) is 0 Å². The summed E-state index contributed by atoms with van der Waals surface area (Å²) < 4.78 is 9.92. The van der Waals surface area contributed by atoms with E-state index in [0.717, 1.165) is 44.9 Å². The average molecular weight is 288 g/mol. The highest BCUT2D eigenvalue weighted by atomic mass is 16.5. The normalized spacial score (nSPS) is 14.0. The van der Waals surface area contributed by atoms with Crippen molar-refractivity contribution >= 4 is 5.97 Å². The molecule has 0 aliphatic rings. The summed E-state index contributed by atoms with van der Waals surface area (Å²) in [7, 11) is 3.05. The van der Waals surface area contributed by atoms with Crippen LogP contribution in [-0.4, -0.2) is 37.5 Å². The zero-order valence-corrected chi connectivity index (χ0v) is 13.4. The Morgan fingerprint density at radius 1 is 1.00 bits per heavy atom. The van der Waals surface area contributed by atoms with Crippen LogP contribution in [0.2, 0.25) is 0 Å². The Morgan fingerprint density at radius 2 is 1.60 bits per heavy atom. The van der Waals surface area contributed by atoms with E-state index in [2.05, 4.69) is 11.7 Å². The summed E-state index contributed by atoms with van der Waals surface area (Å²) in [5.41, 5.74) is 0. The second kappa shape index (κ2) is 13.4. The van der Waals surface area contributed by atoms with Crippen LogP contribution in [0.1, 0.15) is 71.1 Å². The van der Waals surface area contributed by atoms with E-state index in [9.17, 15) is 9.90 Å². The maximum atomic E-state index is 11.1. The van der Waals surface area contributed by atoms with Crippen molar-refractivity contribution in [3.05, 3.63) is 0 Å². The molecule has 20 heavy (non-hydrogen) atoms. The first kappa shape index (κ1) is 19.4. The van der Waals surface area contributed by atoms with Gasteiger partial charge in [-0.1, -0.05) is 45.4 Å². The van der Waals surface area contributed by atoms with Crippen molar-refractivity contribution in [2.24, 2.45) is 0 Å². The molecule has 0 amide bonds. The van der Waals surface area contributed by atoms with Gasteiger partial charge in [0.1, 0.15) is 0 Å². The topological polar surface area (TPSA) is 55.8 Å². The Hall–Kier alpha value is -0.610. The third kappa shape index (κ3) is 11.2. The van der Waals surface area contributed by atoms with Gasteiger partial charge in [-0.3, -0.25) is 4.79 Å². The van der Waals surface area contributed by atoms with E-state index >= 15 is 0 Å². The largest absolute Gasteiger partial charge is 0.469 e. The maximum Gasteiger partial charge on any atom is 0.308 e. The third-order valence-corrected chi connectivity index (χ3v) is 3.64. The number of carbonyl (C=O) groups is 1. The first-order valence-electron chi connectivity index (χ1n) is 7.91. The molecule has 0 aliphatic carbocycles. The van der Waals surface area contributed by atoms with Gasteiger partial charge in [0, 0.05) is 7.11 Å². The molecule has 0 radical (unpaired) electrons. The SMILES string of the molecule is CCCC(O)CCCCCCCC(CC(=O)OC)OC. The Labute approximate surface area is 123 Å². The minimum atomic E-state index is -0.207. The zero-order valence-electron chi connectivity index (χ0n) is 13.4. The molecule has 2 unspecified atom stereocenters. The fourth-order valence-electron chi connectivity index (χ4n) is 2.33. The molecule has 0 aliphatic heterocycles. The minimum Gasteiger partial charge on any atom is -0.469 e. The number of unbranched alkanes of at least 4 members (excludes halogenated alkanes) is 4. The molecular weight excluding hydrogens is 256 g/mol. The summed E-state index contributed by atoms with van der Waals surface area (Å²) in [4.78, 5) is 11.1. The van der Waals surface area contributed by atoms with Gasteiger partial charge in [-0.25, -0.2) is 0 Å². The highest BCUT2D eigenvalue weighted by molar-refractivity contribution is 5.69. The van der Waals surface area contributed by atoms with E-state index in [0.29, 0.717) is 6.42 Å². The molecule has 0 heterocycles. The summed E-state index contributed by atoms with van der Waals surface area (Å²) in [6, 6.07) is 0. The maximum absolute atomic E-state index is 11.1. The number of hydrogen-bond acceptors (Lipinski definition) is 4. The lowest BCUT2D eigenvalue weighted by Crippen LogP contribution is -2.17. The van der Waals surface area contributed by atoms with E-state index < -0.39 is 0 Å². The number of rotatable bonds is 13. The number of aliphatic hydroxyl groups excluding tert-OH is 1. The predicted molar refractivity (Wildman–Crippen MR) is 80.7 cm³/mol. The molecule has 0 fully saturated rings. The van der Waals surface area contributed by atoms with Crippen LogP contribution >= 0.6 is 0 Å². The van der Waals surface area contributed by atoms with E-state index in [-0.39, 0.29) is 18.2 Å². The van der Waals surface area contributed by atoms with Crippen molar-refractivity contribution in [3.63, 3.8) is 0 Å². The predicted octanol–water partition coefficient (Wildman–Crippen LogP) is 3.46. The van der Waals surface area contributed by atoms with Crippen molar-refractivity contribution < 1.29 is 19.4 Å². The number of aliphatic hydroxyl groups is 1. The lowest BCUT2D eigenvalue weighted by atomic mass is 10.0. The number of methoxy groups -OCH3 is 2. The van der Waals surface area contributed by atoms with Crippen molar-refractivity contribution in [1.82, 2.24) is 0 Å². The van der Waals surface area contributed by atoms with Gasteiger partial charge in [0.2, 0.25) is 0 Å². The molecule has 4 nitrogen and oxygen atoms in total. The van der Waals surface area contributed by atoms with Crippen molar-refractivity contribution in [3.8, 4) is 0 Å². The van der Waals surface area contributed by atoms with Crippen LogP contribution in [0.3, 0.4) is 0 Å². The Bertz CT molecular complexity index is 231. The molecular formula is C16H32O4. The summed E-state index contributed by atoms with van der Waals surface area (Å²) in [5.74, 6) is -0.207. The quantitative estimate of drug-likeness (QED) is 0.416. The number of esters is 1. The lowest BCUT2D eigenvalue weighted by Gasteiger charge is -2.13. The molecule has 120 valence electrons. The van der Waals surface area contributed by atoms with Crippen molar-refractivity contribution in [2.45, 2.75) is 83.3 Å². The first-order valence-corrected chi connectivity index (χ1v) is 7.91. The third-order valence-electron chi connectivity index (χ3n) is 3.64. The highest BCUT2D eigenvalue weighted by Crippen LogP contribution is 2.14. The fourth-order valence-corrected chi connectivity index (χ4v) is 2.33. The number of carbonyl (C=O) groups excluding carboxylic acids is 1. The molecule has 0 spiro atoms. The van der Waals surface area contributed by atoms with Crippen molar-refractivity contribution in [1.29, 1.82) is 0 Å². The fraction of sp³-hybridized carbons (Fsp3) is 0.938. The molecule has 0 aromatic rings. The Morgan fingerprint density at radius 3 is 2.15 bits per heavy atom. The van der Waals surface area contributed by atoms with E-state index in [1.54, 1.807) is 7.11 Å². The van der Waals surface area contributed by atoms with Gasteiger partial charge >= 0.3 is 5.97 Å². The monoisotopic (exact) mass is 288 g/mol. The molecule has 0 rings (SSSR count). The highest BCUT2D eigenvalue weighted by Gasteiger charge is 2.12. The standard InChI is InChI=1S/C16H32O4/c1-4-10-14(17)11-8-6-5-7-9-12-15(19-2)13-16(18)20-3/h14-15,17H,4-13H2,1-3H3. The smallest absolute Gasteiger partial charge is 0.308 e. The number of ether oxygens (including phenoxy) is 2. The van der Waals surface area contributed by atoms with Crippen LogP contribution in [0, 0.1) is 0 Å². The van der Waals surface area contributed by atoms with Gasteiger partial charge in [0.25, 0.3) is 0 Å². The molecule has 0 aromatic carbocycles. The summed E-state index contributed by atoms with van der Waals surface area (Å²) in [6.07, 6.45) is 9.73. The Kier molecular flexibility index (Phi) is 13.0. The summed E-state index contributed by atoms with van der Waals surface area (Å²) in [5, 5.41) is 9.60. The minimum absolute atomic E-state index is 0.0196. The van der Waals surface area contributed by atoms with Crippen molar-refractivity contribution in [2.75, 3.05) is 14.2 Å². The molecule has 0 saturated carbocycles. The molecule has 0 saturated heterocycles. The van der Waals surface area contributed by atoms with E-state index in [1.165, 1.54) is 20.0 Å². The summed E-state index contributed by atoms with van der Waals surface area (Å²) >= 11 is 0. The molecule has 0 bridgehead atoms. The van der Waals surface area contributed by atoms with Crippen LogP contribution in [-0.2, 0) is 14.3 Å². The van der Waals surface area contributed by atoms with Gasteiger partial charge < -0.3 is 14.6 Å². The van der Waals surface area contributed by atoms with Gasteiger partial charge in [-0.05, 0) is 19.3 Å².